The third kappa shape index (κ3) is 2.40. The van der Waals surface area contributed by atoms with E-state index >= 15 is 0 Å². The fraction of sp³-hybridized carbons (Fsp3) is 0.625. The number of benzene rings is 1. The van der Waals surface area contributed by atoms with Gasteiger partial charge in [-0.15, -0.1) is 0 Å². The van der Waals surface area contributed by atoms with Crippen LogP contribution in [0.15, 0.2) is 18.2 Å². The molecule has 3 rings (SSSR count). The molecule has 17 heavy (non-hydrogen) atoms. The molecule has 0 saturated heterocycles. The van der Waals surface area contributed by atoms with E-state index in [-0.39, 0.29) is 0 Å². The maximum absolute atomic E-state index is 3.73. The molecule has 1 nitrogen and oxygen atoms in total. The van der Waals surface area contributed by atoms with Crippen LogP contribution in [0.5, 0.6) is 0 Å². The van der Waals surface area contributed by atoms with Crippen LogP contribution in [0, 0.1) is 5.92 Å². The van der Waals surface area contributed by atoms with Gasteiger partial charge in [-0.25, -0.2) is 0 Å². The Morgan fingerprint density at radius 2 is 1.88 bits per heavy atom. The first-order chi connectivity index (χ1) is 8.24. The molecular formula is C16H23N. The minimum atomic E-state index is 0.511. The molecule has 0 radical (unpaired) electrons. The van der Waals surface area contributed by atoms with Gasteiger partial charge in [0.25, 0.3) is 0 Å². The van der Waals surface area contributed by atoms with Crippen LogP contribution in [0.1, 0.15) is 55.8 Å². The van der Waals surface area contributed by atoms with Gasteiger partial charge in [0.15, 0.2) is 0 Å². The Morgan fingerprint density at radius 1 is 1.18 bits per heavy atom. The number of hydrogen-bond acceptors (Lipinski definition) is 1. The number of aryl methyl sites for hydroxylation is 2. The Labute approximate surface area is 105 Å². The van der Waals surface area contributed by atoms with Gasteiger partial charge in [0, 0.05) is 12.1 Å². The molecule has 1 fully saturated rings. The van der Waals surface area contributed by atoms with Gasteiger partial charge >= 0.3 is 0 Å². The molecule has 1 aromatic rings. The van der Waals surface area contributed by atoms with Crippen molar-refractivity contribution in [3.63, 3.8) is 0 Å². The minimum Gasteiger partial charge on any atom is -0.307 e. The van der Waals surface area contributed by atoms with Crippen LogP contribution < -0.4 is 5.32 Å². The Kier molecular flexibility index (Phi) is 2.96. The summed E-state index contributed by atoms with van der Waals surface area (Å²) in [6, 6.07) is 8.41. The van der Waals surface area contributed by atoms with Gasteiger partial charge < -0.3 is 5.32 Å². The Hall–Kier alpha value is -0.820. The van der Waals surface area contributed by atoms with E-state index in [2.05, 4.69) is 37.4 Å². The monoisotopic (exact) mass is 229 g/mol. The standard InChI is InChI=1S/C16H23N/c1-11-9-16(11)17-12(2)14-8-7-13-5-3-4-6-15(13)10-14/h7-8,10-12,16-17H,3-6,9H2,1-2H3. The third-order valence-electron chi connectivity index (χ3n) is 4.45. The second-order valence-corrected chi connectivity index (χ2v) is 5.94. The molecule has 0 bridgehead atoms. The smallest absolute Gasteiger partial charge is 0.0294 e. The summed E-state index contributed by atoms with van der Waals surface area (Å²) >= 11 is 0. The van der Waals surface area contributed by atoms with Gasteiger partial charge in [-0.1, -0.05) is 25.1 Å². The van der Waals surface area contributed by atoms with Gasteiger partial charge in [0.1, 0.15) is 0 Å². The molecular weight excluding hydrogens is 206 g/mol. The number of nitrogens with one attached hydrogen (secondary N) is 1. The Balaban J connectivity index is 1.73. The summed E-state index contributed by atoms with van der Waals surface area (Å²) < 4.78 is 0. The second-order valence-electron chi connectivity index (χ2n) is 5.94. The fourth-order valence-electron chi connectivity index (χ4n) is 2.99. The summed E-state index contributed by atoms with van der Waals surface area (Å²) in [7, 11) is 0. The van der Waals surface area contributed by atoms with E-state index in [0.29, 0.717) is 6.04 Å². The van der Waals surface area contributed by atoms with E-state index in [1.54, 1.807) is 11.1 Å². The van der Waals surface area contributed by atoms with Gasteiger partial charge in [-0.2, -0.15) is 0 Å². The molecule has 0 aliphatic heterocycles. The highest BCUT2D eigenvalue weighted by molar-refractivity contribution is 5.35. The van der Waals surface area contributed by atoms with Gasteiger partial charge in [0.2, 0.25) is 0 Å². The lowest BCUT2D eigenvalue weighted by molar-refractivity contribution is 0.550. The van der Waals surface area contributed by atoms with Crippen molar-refractivity contribution >= 4 is 0 Å². The molecule has 3 atom stereocenters. The largest absolute Gasteiger partial charge is 0.307 e. The molecule has 3 unspecified atom stereocenters. The lowest BCUT2D eigenvalue weighted by Gasteiger charge is -2.20. The molecule has 0 amide bonds. The van der Waals surface area contributed by atoms with Crippen molar-refractivity contribution < 1.29 is 0 Å². The average molecular weight is 229 g/mol. The number of rotatable bonds is 3. The van der Waals surface area contributed by atoms with Gasteiger partial charge in [-0.3, -0.25) is 0 Å². The summed E-state index contributed by atoms with van der Waals surface area (Å²) in [4.78, 5) is 0. The van der Waals surface area contributed by atoms with Crippen molar-refractivity contribution in [2.75, 3.05) is 0 Å². The molecule has 0 heterocycles. The number of fused-ring (bicyclic) bond motifs is 1. The van der Waals surface area contributed by atoms with Crippen molar-refractivity contribution in [1.82, 2.24) is 5.32 Å². The SMILES string of the molecule is CC(NC1CC1C)c1ccc2c(c1)CCCC2. The summed E-state index contributed by atoms with van der Waals surface area (Å²) in [6.45, 7) is 4.63. The predicted octanol–water partition coefficient (Wildman–Crippen LogP) is 3.62. The van der Waals surface area contributed by atoms with Gasteiger partial charge in [-0.05, 0) is 61.6 Å². The van der Waals surface area contributed by atoms with Crippen LogP contribution in [0.4, 0.5) is 0 Å². The normalized spacial score (nSPS) is 28.6. The first-order valence-electron chi connectivity index (χ1n) is 7.12. The molecule has 2 aliphatic rings. The predicted molar refractivity (Wildman–Crippen MR) is 72.2 cm³/mol. The lowest BCUT2D eigenvalue weighted by atomic mass is 9.89. The topological polar surface area (TPSA) is 12.0 Å². The lowest BCUT2D eigenvalue weighted by Crippen LogP contribution is -2.22. The van der Waals surface area contributed by atoms with E-state index < -0.39 is 0 Å². The quantitative estimate of drug-likeness (QED) is 0.834. The number of hydrogen-bond donors (Lipinski definition) is 1. The van der Waals surface area contributed by atoms with Crippen molar-refractivity contribution in [3.05, 3.63) is 34.9 Å². The van der Waals surface area contributed by atoms with E-state index in [1.165, 1.54) is 37.7 Å². The van der Waals surface area contributed by atoms with Crippen LogP contribution in [-0.2, 0) is 12.8 Å². The maximum Gasteiger partial charge on any atom is 0.0294 e. The van der Waals surface area contributed by atoms with E-state index in [9.17, 15) is 0 Å². The van der Waals surface area contributed by atoms with E-state index in [0.717, 1.165) is 12.0 Å². The van der Waals surface area contributed by atoms with Crippen molar-refractivity contribution in [2.45, 2.75) is 58.0 Å². The molecule has 92 valence electrons. The Morgan fingerprint density at radius 3 is 2.59 bits per heavy atom. The molecule has 1 saturated carbocycles. The van der Waals surface area contributed by atoms with Crippen molar-refractivity contribution in [3.8, 4) is 0 Å². The molecule has 0 aromatic heterocycles. The zero-order chi connectivity index (χ0) is 11.8. The van der Waals surface area contributed by atoms with Crippen molar-refractivity contribution in [2.24, 2.45) is 5.92 Å². The molecule has 1 heteroatoms. The van der Waals surface area contributed by atoms with Crippen LogP contribution in [0.25, 0.3) is 0 Å². The van der Waals surface area contributed by atoms with Crippen LogP contribution in [0.2, 0.25) is 0 Å². The highest BCUT2D eigenvalue weighted by atomic mass is 15.0. The Bertz CT molecular complexity index is 410. The van der Waals surface area contributed by atoms with Crippen LogP contribution in [-0.4, -0.2) is 6.04 Å². The first kappa shape index (κ1) is 11.3. The highest BCUT2D eigenvalue weighted by Gasteiger charge is 2.33. The first-order valence-corrected chi connectivity index (χ1v) is 7.12. The third-order valence-corrected chi connectivity index (χ3v) is 4.45. The minimum absolute atomic E-state index is 0.511. The second kappa shape index (κ2) is 4.45. The maximum atomic E-state index is 3.73. The molecule has 1 aromatic carbocycles. The van der Waals surface area contributed by atoms with Crippen LogP contribution >= 0.6 is 0 Å². The molecule has 1 N–H and O–H groups in total. The summed E-state index contributed by atoms with van der Waals surface area (Å²) in [5, 5.41) is 3.73. The van der Waals surface area contributed by atoms with Gasteiger partial charge in [0.05, 0.1) is 0 Å². The average Bonchev–Trinajstić information content (AvgIpc) is 3.04. The highest BCUT2D eigenvalue weighted by Crippen LogP contribution is 2.32. The zero-order valence-electron chi connectivity index (χ0n) is 11.0. The van der Waals surface area contributed by atoms with Crippen molar-refractivity contribution in [1.29, 1.82) is 0 Å². The summed E-state index contributed by atoms with van der Waals surface area (Å²) in [5.74, 6) is 0.884. The summed E-state index contributed by atoms with van der Waals surface area (Å²) in [5.41, 5.74) is 4.67. The fourth-order valence-corrected chi connectivity index (χ4v) is 2.99. The molecule has 0 spiro atoms. The van der Waals surface area contributed by atoms with E-state index in [4.69, 9.17) is 0 Å². The van der Waals surface area contributed by atoms with E-state index in [1.807, 2.05) is 0 Å². The zero-order valence-corrected chi connectivity index (χ0v) is 11.0. The molecule has 2 aliphatic carbocycles. The summed E-state index contributed by atoms with van der Waals surface area (Å²) in [6.07, 6.45) is 6.68. The van der Waals surface area contributed by atoms with Crippen LogP contribution in [0.3, 0.4) is 0 Å².